The maximum Gasteiger partial charge on any atom is 0.418 e. The van der Waals surface area contributed by atoms with Crippen molar-refractivity contribution in [3.63, 3.8) is 0 Å². The minimum atomic E-state index is -0.592. The minimum absolute atomic E-state index is 0.237. The number of hydrogen-bond donors (Lipinski definition) is 2. The van der Waals surface area contributed by atoms with E-state index in [1.54, 1.807) is 13.1 Å². The number of ether oxygens (including phenoxy) is 2. The van der Waals surface area contributed by atoms with Crippen LogP contribution in [0, 0.1) is 0 Å². The van der Waals surface area contributed by atoms with Crippen molar-refractivity contribution in [3.05, 3.63) is 70.8 Å². The molecule has 2 aromatic carbocycles. The zero-order chi connectivity index (χ0) is 24.9. The van der Waals surface area contributed by atoms with Gasteiger partial charge in [0, 0.05) is 34.1 Å². The van der Waals surface area contributed by atoms with Crippen LogP contribution in [-0.2, 0) is 9.47 Å². The first-order chi connectivity index (χ1) is 16.7. The molecule has 0 aliphatic rings. The van der Waals surface area contributed by atoms with Crippen LogP contribution < -0.4 is 5.56 Å². The van der Waals surface area contributed by atoms with E-state index in [1.165, 1.54) is 10.8 Å². The summed E-state index contributed by atoms with van der Waals surface area (Å²) < 4.78 is 12.2. The molecule has 0 spiro atoms. The topological polar surface area (TPSA) is 106 Å². The molecule has 0 saturated heterocycles. The Morgan fingerprint density at radius 1 is 1.03 bits per heavy atom. The van der Waals surface area contributed by atoms with Crippen LogP contribution in [0.3, 0.4) is 0 Å². The van der Waals surface area contributed by atoms with E-state index in [2.05, 4.69) is 9.97 Å². The van der Waals surface area contributed by atoms with Crippen LogP contribution in [-0.4, -0.2) is 38.8 Å². The highest BCUT2D eigenvalue weighted by Gasteiger charge is 2.20. The average Bonchev–Trinajstić information content (AvgIpc) is 3.43. The van der Waals surface area contributed by atoms with Crippen LogP contribution in [0.25, 0.3) is 43.8 Å². The van der Waals surface area contributed by atoms with Crippen molar-refractivity contribution in [2.45, 2.75) is 33.3 Å². The summed E-state index contributed by atoms with van der Waals surface area (Å²) in [6, 6.07) is 13.3. The Bertz CT molecular complexity index is 1680. The van der Waals surface area contributed by atoms with Gasteiger partial charge in [0.1, 0.15) is 11.1 Å². The van der Waals surface area contributed by atoms with Gasteiger partial charge in [0.15, 0.2) is 0 Å². The normalized spacial score (nSPS) is 11.9. The molecule has 0 aliphatic heterocycles. The molecule has 0 unspecified atom stereocenters. The van der Waals surface area contributed by atoms with E-state index in [0.717, 1.165) is 27.4 Å². The Morgan fingerprint density at radius 3 is 2.51 bits per heavy atom. The van der Waals surface area contributed by atoms with Gasteiger partial charge >= 0.3 is 12.1 Å². The molecule has 8 nitrogen and oxygen atoms in total. The number of carbonyl (C=O) groups is 2. The molecule has 0 bridgehead atoms. The van der Waals surface area contributed by atoms with Gasteiger partial charge in [0.2, 0.25) is 0 Å². The third kappa shape index (κ3) is 3.97. The maximum atomic E-state index is 12.6. The number of nitrogens with one attached hydrogen (secondary N) is 2. The fourth-order valence-corrected chi connectivity index (χ4v) is 4.27. The van der Waals surface area contributed by atoms with Gasteiger partial charge in [0.25, 0.3) is 5.56 Å². The quantitative estimate of drug-likeness (QED) is 0.334. The molecule has 35 heavy (non-hydrogen) atoms. The largest absolute Gasteiger partial charge is 0.462 e. The molecule has 0 aliphatic carbocycles. The molecule has 3 heterocycles. The van der Waals surface area contributed by atoms with Gasteiger partial charge < -0.3 is 19.4 Å². The van der Waals surface area contributed by atoms with E-state index in [4.69, 9.17) is 9.47 Å². The number of pyridine rings is 1. The molecule has 0 fully saturated rings. The number of hydrogen-bond acceptors (Lipinski definition) is 5. The average molecular weight is 472 g/mol. The predicted octanol–water partition coefficient (Wildman–Crippen LogP) is 5.59. The van der Waals surface area contributed by atoms with Crippen molar-refractivity contribution in [2.24, 2.45) is 0 Å². The molecule has 3 aromatic heterocycles. The van der Waals surface area contributed by atoms with Crippen LogP contribution in [0.2, 0.25) is 0 Å². The van der Waals surface area contributed by atoms with Crippen molar-refractivity contribution in [3.8, 4) is 11.1 Å². The summed E-state index contributed by atoms with van der Waals surface area (Å²) in [6.07, 6.45) is 2.77. The summed E-state index contributed by atoms with van der Waals surface area (Å²) in [5, 5.41) is 2.14. The maximum absolute atomic E-state index is 12.6. The number of benzene rings is 2. The van der Waals surface area contributed by atoms with Gasteiger partial charge in [0.05, 0.1) is 17.7 Å². The highest BCUT2D eigenvalue weighted by molar-refractivity contribution is 6.15. The monoisotopic (exact) mass is 471 g/mol. The number of rotatable bonds is 3. The third-order valence-electron chi connectivity index (χ3n) is 5.75. The van der Waals surface area contributed by atoms with Gasteiger partial charge in [-0.15, -0.1) is 0 Å². The summed E-state index contributed by atoms with van der Waals surface area (Å²) in [7, 11) is 0. The molecule has 0 radical (unpaired) electrons. The number of H-pyrrole nitrogens is 2. The number of esters is 1. The fourth-order valence-electron chi connectivity index (χ4n) is 4.27. The summed E-state index contributed by atoms with van der Waals surface area (Å²) in [4.78, 5) is 43.4. The Balaban J connectivity index is 1.62. The molecule has 178 valence electrons. The van der Waals surface area contributed by atoms with Crippen molar-refractivity contribution in [1.29, 1.82) is 0 Å². The molecule has 0 saturated carbocycles. The number of carbonyl (C=O) groups excluding carboxylic acids is 2. The lowest BCUT2D eigenvalue weighted by Gasteiger charge is -2.19. The van der Waals surface area contributed by atoms with E-state index in [1.807, 2.05) is 63.2 Å². The minimum Gasteiger partial charge on any atom is -0.462 e. The summed E-state index contributed by atoms with van der Waals surface area (Å²) in [6.45, 7) is 7.46. The second kappa shape index (κ2) is 8.16. The summed E-state index contributed by atoms with van der Waals surface area (Å²) in [5.41, 5.74) is 2.93. The first-order valence-electron chi connectivity index (χ1n) is 11.4. The second-order valence-corrected chi connectivity index (χ2v) is 9.33. The van der Waals surface area contributed by atoms with E-state index >= 15 is 0 Å². The van der Waals surface area contributed by atoms with Gasteiger partial charge in [-0.1, -0.05) is 12.1 Å². The van der Waals surface area contributed by atoms with Gasteiger partial charge in [-0.2, -0.15) is 0 Å². The fraction of sp³-hybridized carbons (Fsp3) is 0.222. The van der Waals surface area contributed by atoms with Crippen LogP contribution in [0.5, 0.6) is 0 Å². The van der Waals surface area contributed by atoms with Crippen molar-refractivity contribution < 1.29 is 19.1 Å². The van der Waals surface area contributed by atoms with Crippen LogP contribution in [0.1, 0.15) is 38.1 Å². The van der Waals surface area contributed by atoms with Crippen molar-refractivity contribution in [1.82, 2.24) is 14.5 Å². The Labute approximate surface area is 200 Å². The molecular formula is C27H25N3O5. The molecule has 5 aromatic rings. The van der Waals surface area contributed by atoms with Crippen LogP contribution >= 0.6 is 0 Å². The zero-order valence-corrected chi connectivity index (χ0v) is 19.9. The van der Waals surface area contributed by atoms with E-state index in [0.29, 0.717) is 22.0 Å². The molecule has 2 N–H and O–H groups in total. The molecule has 0 amide bonds. The van der Waals surface area contributed by atoms with E-state index in [9.17, 15) is 14.4 Å². The molecule has 8 heteroatoms. The number of aromatic amines is 2. The number of aromatic nitrogens is 3. The standard InChI is InChI=1S/C27H25N3O5/c1-5-34-25(32)19-14-28-23-22(19)18-13-16(6-8-20(18)29-24(23)31)15-7-9-21-17(12-15)10-11-30(21)26(33)35-27(2,3)4/h6-14,28H,5H2,1-4H3,(H,29,31). The Kier molecular flexibility index (Phi) is 5.24. The second-order valence-electron chi connectivity index (χ2n) is 9.33. The highest BCUT2D eigenvalue weighted by atomic mass is 16.6. The smallest absolute Gasteiger partial charge is 0.418 e. The lowest BCUT2D eigenvalue weighted by molar-refractivity contribution is 0.0523. The number of nitrogens with zero attached hydrogens (tertiary/aromatic N) is 1. The zero-order valence-electron chi connectivity index (χ0n) is 19.9. The first kappa shape index (κ1) is 22.5. The van der Waals surface area contributed by atoms with Crippen molar-refractivity contribution in [2.75, 3.05) is 6.61 Å². The van der Waals surface area contributed by atoms with Crippen LogP contribution in [0.15, 0.2) is 59.7 Å². The Hall–Kier alpha value is -4.33. The SMILES string of the molecule is CCOC(=O)c1c[nH]c2c(=O)[nH]c3ccc(-c4ccc5c(ccn5C(=O)OC(C)(C)C)c4)cc3c12. The van der Waals surface area contributed by atoms with Crippen LogP contribution in [0.4, 0.5) is 4.79 Å². The summed E-state index contributed by atoms with van der Waals surface area (Å²) in [5.74, 6) is -0.485. The highest BCUT2D eigenvalue weighted by Crippen LogP contribution is 2.31. The Morgan fingerprint density at radius 2 is 1.77 bits per heavy atom. The van der Waals surface area contributed by atoms with E-state index in [-0.39, 0.29) is 12.2 Å². The lowest BCUT2D eigenvalue weighted by Crippen LogP contribution is -2.26. The first-order valence-corrected chi connectivity index (χ1v) is 11.4. The summed E-state index contributed by atoms with van der Waals surface area (Å²) >= 11 is 0. The van der Waals surface area contributed by atoms with Gasteiger partial charge in [-0.05, 0) is 69.2 Å². The van der Waals surface area contributed by atoms with Crippen molar-refractivity contribution >= 4 is 44.8 Å². The van der Waals surface area contributed by atoms with Gasteiger partial charge in [-0.3, -0.25) is 9.36 Å². The molecule has 0 atom stereocenters. The molecule has 5 rings (SSSR count). The van der Waals surface area contributed by atoms with Gasteiger partial charge in [-0.25, -0.2) is 9.59 Å². The third-order valence-corrected chi connectivity index (χ3v) is 5.75. The molecular weight excluding hydrogens is 446 g/mol. The predicted molar refractivity (Wildman–Crippen MR) is 135 cm³/mol. The van der Waals surface area contributed by atoms with E-state index < -0.39 is 17.7 Å². The lowest BCUT2D eigenvalue weighted by atomic mass is 9.99. The number of fused-ring (bicyclic) bond motifs is 4.